The normalized spacial score (nSPS) is 14.6. The zero-order chi connectivity index (χ0) is 14.1. The first-order chi connectivity index (χ1) is 9.63. The van der Waals surface area contributed by atoms with Crippen LogP contribution in [0.1, 0.15) is 43.7 Å². The van der Waals surface area contributed by atoms with Crippen LogP contribution in [0.2, 0.25) is 0 Å². The third-order valence-corrected chi connectivity index (χ3v) is 3.80. The van der Waals surface area contributed by atoms with Crippen molar-refractivity contribution < 1.29 is 0 Å². The van der Waals surface area contributed by atoms with Crippen LogP contribution in [0.25, 0.3) is 11.3 Å². The summed E-state index contributed by atoms with van der Waals surface area (Å²) in [5.41, 5.74) is 4.81. The zero-order valence-corrected chi connectivity index (χ0v) is 12.4. The van der Waals surface area contributed by atoms with Crippen molar-refractivity contribution in [3.63, 3.8) is 0 Å². The molecule has 1 heterocycles. The van der Waals surface area contributed by atoms with E-state index in [1.165, 1.54) is 29.5 Å². The summed E-state index contributed by atoms with van der Waals surface area (Å²) in [6, 6.07) is 9.31. The highest BCUT2D eigenvalue weighted by molar-refractivity contribution is 5.67. The summed E-state index contributed by atoms with van der Waals surface area (Å²) in [7, 11) is 0. The molecule has 2 aromatic rings. The van der Waals surface area contributed by atoms with Crippen molar-refractivity contribution in [1.29, 1.82) is 0 Å². The van der Waals surface area contributed by atoms with Crippen LogP contribution in [0.15, 0.2) is 30.6 Å². The van der Waals surface area contributed by atoms with Crippen molar-refractivity contribution in [1.82, 2.24) is 9.97 Å². The predicted molar refractivity (Wildman–Crippen MR) is 82.9 cm³/mol. The number of hydrogen-bond acceptors (Lipinski definition) is 3. The topological polar surface area (TPSA) is 37.8 Å². The molecule has 0 atom stereocenters. The first-order valence-electron chi connectivity index (χ1n) is 7.33. The number of benzene rings is 1. The lowest BCUT2D eigenvalue weighted by atomic mass is 9.96. The van der Waals surface area contributed by atoms with E-state index in [4.69, 9.17) is 0 Å². The monoisotopic (exact) mass is 267 g/mol. The number of anilines is 1. The van der Waals surface area contributed by atoms with Crippen molar-refractivity contribution in [2.75, 3.05) is 5.32 Å². The highest BCUT2D eigenvalue weighted by atomic mass is 15.1. The fraction of sp³-hybridized carbons (Fsp3) is 0.412. The van der Waals surface area contributed by atoms with Gasteiger partial charge in [0.1, 0.15) is 12.1 Å². The fourth-order valence-electron chi connectivity index (χ4n) is 2.30. The highest BCUT2D eigenvalue weighted by Gasteiger charge is 2.21. The van der Waals surface area contributed by atoms with Gasteiger partial charge in [-0.3, -0.25) is 0 Å². The van der Waals surface area contributed by atoms with Gasteiger partial charge in [0.05, 0.1) is 5.69 Å². The first-order valence-corrected chi connectivity index (χ1v) is 7.33. The van der Waals surface area contributed by atoms with E-state index in [1.807, 2.05) is 0 Å². The molecule has 0 saturated heterocycles. The van der Waals surface area contributed by atoms with Crippen LogP contribution in [0.4, 0.5) is 5.82 Å². The van der Waals surface area contributed by atoms with Gasteiger partial charge in [-0.15, -0.1) is 0 Å². The lowest BCUT2D eigenvalue weighted by Gasteiger charge is -2.12. The molecule has 3 rings (SSSR count). The van der Waals surface area contributed by atoms with Gasteiger partial charge >= 0.3 is 0 Å². The smallest absolute Gasteiger partial charge is 0.130 e. The Balaban J connectivity index is 1.96. The molecular formula is C17H21N3. The van der Waals surface area contributed by atoms with E-state index in [1.54, 1.807) is 6.33 Å². The van der Waals surface area contributed by atoms with Gasteiger partial charge in [-0.05, 0) is 42.9 Å². The molecule has 104 valence electrons. The summed E-state index contributed by atoms with van der Waals surface area (Å²) in [4.78, 5) is 8.76. The molecule has 1 fully saturated rings. The van der Waals surface area contributed by atoms with Crippen LogP contribution < -0.4 is 5.32 Å². The van der Waals surface area contributed by atoms with Crippen LogP contribution in [0.5, 0.6) is 0 Å². The van der Waals surface area contributed by atoms with E-state index in [-0.39, 0.29) is 0 Å². The third kappa shape index (κ3) is 2.82. The van der Waals surface area contributed by atoms with E-state index >= 15 is 0 Å². The summed E-state index contributed by atoms with van der Waals surface area (Å²) in [6.07, 6.45) is 4.16. The van der Waals surface area contributed by atoms with E-state index < -0.39 is 0 Å². The summed E-state index contributed by atoms with van der Waals surface area (Å²) in [5.74, 6) is 1.46. The zero-order valence-electron chi connectivity index (χ0n) is 12.4. The van der Waals surface area contributed by atoms with Crippen molar-refractivity contribution in [2.24, 2.45) is 0 Å². The van der Waals surface area contributed by atoms with Crippen LogP contribution >= 0.6 is 0 Å². The molecule has 0 unspecified atom stereocenters. The van der Waals surface area contributed by atoms with Crippen LogP contribution in [0, 0.1) is 6.92 Å². The molecule has 0 bridgehead atoms. The Morgan fingerprint density at radius 2 is 1.95 bits per heavy atom. The molecule has 0 aliphatic heterocycles. The lowest BCUT2D eigenvalue weighted by Crippen LogP contribution is -2.03. The van der Waals surface area contributed by atoms with E-state index in [0.717, 1.165) is 11.5 Å². The second-order valence-electron chi connectivity index (χ2n) is 5.94. The Morgan fingerprint density at radius 3 is 2.65 bits per heavy atom. The van der Waals surface area contributed by atoms with Gasteiger partial charge in [-0.25, -0.2) is 9.97 Å². The van der Waals surface area contributed by atoms with E-state index in [9.17, 15) is 0 Å². The van der Waals surface area contributed by atoms with Crippen molar-refractivity contribution >= 4 is 5.82 Å². The van der Waals surface area contributed by atoms with Crippen molar-refractivity contribution in [3.05, 3.63) is 41.7 Å². The van der Waals surface area contributed by atoms with Gasteiger partial charge in [0.15, 0.2) is 0 Å². The van der Waals surface area contributed by atoms with Gasteiger partial charge < -0.3 is 5.32 Å². The molecule has 3 heteroatoms. The van der Waals surface area contributed by atoms with Gasteiger partial charge in [-0.2, -0.15) is 0 Å². The Bertz CT molecular complexity index is 615. The number of aromatic nitrogens is 2. The lowest BCUT2D eigenvalue weighted by molar-refractivity contribution is 0.866. The molecule has 0 spiro atoms. The quantitative estimate of drug-likeness (QED) is 0.904. The molecule has 0 amide bonds. The standard InChI is InChI=1S/C17H21N3/c1-11(2)13-5-4-12(3)15(8-13)16-9-17(19-10-18-16)20-14-6-7-14/h4-5,8-11,14H,6-7H2,1-3H3,(H,18,19,20). The molecule has 1 aliphatic rings. The molecule has 1 aliphatic carbocycles. The average molecular weight is 267 g/mol. The molecule has 1 N–H and O–H groups in total. The Hall–Kier alpha value is -1.90. The van der Waals surface area contributed by atoms with Crippen molar-refractivity contribution in [3.8, 4) is 11.3 Å². The number of nitrogens with zero attached hydrogens (tertiary/aromatic N) is 2. The Labute approximate surface area is 120 Å². The summed E-state index contributed by atoms with van der Waals surface area (Å²) < 4.78 is 0. The molecular weight excluding hydrogens is 246 g/mol. The number of hydrogen-bond donors (Lipinski definition) is 1. The highest BCUT2D eigenvalue weighted by Crippen LogP contribution is 2.28. The van der Waals surface area contributed by atoms with Crippen molar-refractivity contribution in [2.45, 2.75) is 45.6 Å². The molecule has 1 aromatic carbocycles. The predicted octanol–water partition coefficient (Wildman–Crippen LogP) is 4.15. The maximum Gasteiger partial charge on any atom is 0.130 e. The third-order valence-electron chi connectivity index (χ3n) is 3.80. The Kier molecular flexibility index (Phi) is 3.43. The maximum absolute atomic E-state index is 4.45. The van der Waals surface area contributed by atoms with E-state index in [2.05, 4.69) is 60.3 Å². The number of aryl methyl sites for hydroxylation is 1. The van der Waals surface area contributed by atoms with E-state index in [0.29, 0.717) is 12.0 Å². The summed E-state index contributed by atoms with van der Waals surface area (Å²) in [5, 5.41) is 3.43. The summed E-state index contributed by atoms with van der Waals surface area (Å²) in [6.45, 7) is 6.57. The van der Waals surface area contributed by atoms with Gasteiger partial charge in [0.2, 0.25) is 0 Å². The minimum Gasteiger partial charge on any atom is -0.367 e. The van der Waals surface area contributed by atoms with Gasteiger partial charge in [-0.1, -0.05) is 26.0 Å². The second kappa shape index (κ2) is 5.23. The summed E-state index contributed by atoms with van der Waals surface area (Å²) >= 11 is 0. The molecule has 1 aromatic heterocycles. The maximum atomic E-state index is 4.45. The van der Waals surface area contributed by atoms with Gasteiger partial charge in [0.25, 0.3) is 0 Å². The minimum atomic E-state index is 0.528. The van der Waals surface area contributed by atoms with Crippen LogP contribution in [0.3, 0.4) is 0 Å². The van der Waals surface area contributed by atoms with Crippen LogP contribution in [-0.2, 0) is 0 Å². The SMILES string of the molecule is Cc1ccc(C(C)C)cc1-c1cc(NC2CC2)ncn1. The molecule has 20 heavy (non-hydrogen) atoms. The second-order valence-corrected chi connectivity index (χ2v) is 5.94. The number of rotatable bonds is 4. The largest absolute Gasteiger partial charge is 0.367 e. The average Bonchev–Trinajstić information content (AvgIpc) is 3.23. The number of nitrogens with one attached hydrogen (secondary N) is 1. The van der Waals surface area contributed by atoms with Gasteiger partial charge in [0, 0.05) is 17.7 Å². The molecule has 0 radical (unpaired) electrons. The first kappa shape index (κ1) is 13.1. The molecule has 1 saturated carbocycles. The Morgan fingerprint density at radius 1 is 1.15 bits per heavy atom. The fourth-order valence-corrected chi connectivity index (χ4v) is 2.30. The van der Waals surface area contributed by atoms with Crippen LogP contribution in [-0.4, -0.2) is 16.0 Å². The molecule has 3 nitrogen and oxygen atoms in total. The minimum absolute atomic E-state index is 0.528.